The standard InChI is InChI=1S/C17H14FN3/c1-20(15-5-3-4-14(18)10-15)17-9-13-7-6-12(11-19)8-16(13)21(17)2/h3-10H,1-2H3. The van der Waals surface area contributed by atoms with Gasteiger partial charge in [0.2, 0.25) is 0 Å². The number of rotatable bonds is 2. The maximum Gasteiger partial charge on any atom is 0.125 e. The number of halogens is 1. The first-order chi connectivity index (χ1) is 10.1. The van der Waals surface area contributed by atoms with Crippen LogP contribution >= 0.6 is 0 Å². The fourth-order valence-electron chi connectivity index (χ4n) is 2.52. The van der Waals surface area contributed by atoms with Crippen LogP contribution in [-0.4, -0.2) is 11.6 Å². The quantitative estimate of drug-likeness (QED) is 0.711. The Hall–Kier alpha value is -2.80. The Bertz CT molecular complexity index is 858. The van der Waals surface area contributed by atoms with Crippen molar-refractivity contribution in [2.45, 2.75) is 0 Å². The number of anilines is 2. The zero-order valence-corrected chi connectivity index (χ0v) is 11.8. The molecule has 0 bridgehead atoms. The summed E-state index contributed by atoms with van der Waals surface area (Å²) in [4.78, 5) is 1.93. The third kappa shape index (κ3) is 2.23. The molecule has 1 aromatic heterocycles. The molecule has 3 nitrogen and oxygen atoms in total. The maximum atomic E-state index is 13.4. The zero-order chi connectivity index (χ0) is 15.0. The van der Waals surface area contributed by atoms with Crippen molar-refractivity contribution in [2.75, 3.05) is 11.9 Å². The Balaban J connectivity index is 2.12. The zero-order valence-electron chi connectivity index (χ0n) is 11.8. The molecule has 0 aliphatic rings. The summed E-state index contributed by atoms with van der Waals surface area (Å²) in [6, 6.07) is 16.2. The molecule has 0 atom stereocenters. The molecule has 2 aromatic carbocycles. The molecular formula is C17H14FN3. The van der Waals surface area contributed by atoms with E-state index in [9.17, 15) is 4.39 Å². The van der Waals surface area contributed by atoms with Gasteiger partial charge in [0, 0.05) is 25.2 Å². The van der Waals surface area contributed by atoms with Crippen LogP contribution in [0.4, 0.5) is 15.9 Å². The van der Waals surface area contributed by atoms with Gasteiger partial charge in [0.05, 0.1) is 17.1 Å². The van der Waals surface area contributed by atoms with E-state index in [1.807, 2.05) is 47.8 Å². The Morgan fingerprint density at radius 1 is 1.14 bits per heavy atom. The van der Waals surface area contributed by atoms with Crippen LogP contribution in [0.15, 0.2) is 48.5 Å². The van der Waals surface area contributed by atoms with E-state index < -0.39 is 0 Å². The van der Waals surface area contributed by atoms with Crippen LogP contribution in [0.2, 0.25) is 0 Å². The van der Waals surface area contributed by atoms with E-state index in [-0.39, 0.29) is 5.82 Å². The normalized spacial score (nSPS) is 10.6. The number of nitriles is 1. The molecule has 1 heterocycles. The summed E-state index contributed by atoms with van der Waals surface area (Å²) in [5.74, 6) is 0.676. The highest BCUT2D eigenvalue weighted by Gasteiger charge is 2.12. The van der Waals surface area contributed by atoms with Gasteiger partial charge in [-0.25, -0.2) is 4.39 Å². The number of nitrogens with zero attached hydrogens (tertiary/aromatic N) is 3. The second kappa shape index (κ2) is 4.95. The predicted molar refractivity (Wildman–Crippen MR) is 82.1 cm³/mol. The predicted octanol–water partition coefficient (Wildman–Crippen LogP) is 3.96. The van der Waals surface area contributed by atoms with Gasteiger partial charge in [-0.1, -0.05) is 12.1 Å². The largest absolute Gasteiger partial charge is 0.331 e. The first-order valence-electron chi connectivity index (χ1n) is 6.59. The van der Waals surface area contributed by atoms with Crippen molar-refractivity contribution in [3.8, 4) is 6.07 Å². The van der Waals surface area contributed by atoms with Crippen LogP contribution in [0.1, 0.15) is 5.56 Å². The number of benzene rings is 2. The lowest BCUT2D eigenvalue weighted by Crippen LogP contribution is -2.13. The number of aromatic nitrogens is 1. The smallest absolute Gasteiger partial charge is 0.125 e. The Morgan fingerprint density at radius 2 is 1.95 bits per heavy atom. The fraction of sp³-hybridized carbons (Fsp3) is 0.118. The topological polar surface area (TPSA) is 32.0 Å². The number of hydrogen-bond acceptors (Lipinski definition) is 2. The van der Waals surface area contributed by atoms with Crippen LogP contribution < -0.4 is 4.90 Å². The molecule has 0 spiro atoms. The van der Waals surface area contributed by atoms with Gasteiger partial charge < -0.3 is 9.47 Å². The Morgan fingerprint density at radius 3 is 2.67 bits per heavy atom. The van der Waals surface area contributed by atoms with Crippen molar-refractivity contribution in [1.82, 2.24) is 4.57 Å². The van der Waals surface area contributed by atoms with Gasteiger partial charge in [-0.3, -0.25) is 0 Å². The van der Waals surface area contributed by atoms with Gasteiger partial charge in [0.25, 0.3) is 0 Å². The van der Waals surface area contributed by atoms with E-state index in [1.54, 1.807) is 12.1 Å². The van der Waals surface area contributed by atoms with Crippen molar-refractivity contribution >= 4 is 22.4 Å². The minimum Gasteiger partial charge on any atom is -0.331 e. The third-order valence-electron chi connectivity index (χ3n) is 3.69. The molecule has 3 aromatic rings. The summed E-state index contributed by atoms with van der Waals surface area (Å²) >= 11 is 0. The number of hydrogen-bond donors (Lipinski definition) is 0. The summed E-state index contributed by atoms with van der Waals surface area (Å²) in [6.07, 6.45) is 0. The van der Waals surface area contributed by atoms with Crippen molar-refractivity contribution in [3.05, 3.63) is 59.9 Å². The van der Waals surface area contributed by atoms with Gasteiger partial charge in [-0.2, -0.15) is 5.26 Å². The van der Waals surface area contributed by atoms with Crippen molar-refractivity contribution < 1.29 is 4.39 Å². The van der Waals surface area contributed by atoms with Gasteiger partial charge in [0.15, 0.2) is 0 Å². The molecule has 3 rings (SSSR count). The second-order valence-electron chi connectivity index (χ2n) is 4.99. The number of fused-ring (bicyclic) bond motifs is 1. The second-order valence-corrected chi connectivity index (χ2v) is 4.99. The molecule has 0 unspecified atom stereocenters. The summed E-state index contributed by atoms with van der Waals surface area (Å²) in [5, 5.41) is 10.1. The lowest BCUT2D eigenvalue weighted by atomic mass is 10.2. The van der Waals surface area contributed by atoms with E-state index in [1.165, 1.54) is 12.1 Å². The van der Waals surface area contributed by atoms with Crippen molar-refractivity contribution in [3.63, 3.8) is 0 Å². The van der Waals surface area contributed by atoms with Gasteiger partial charge >= 0.3 is 0 Å². The maximum absolute atomic E-state index is 13.4. The summed E-state index contributed by atoms with van der Waals surface area (Å²) in [7, 11) is 3.84. The van der Waals surface area contributed by atoms with Gasteiger partial charge in [-0.15, -0.1) is 0 Å². The molecule has 0 radical (unpaired) electrons. The van der Waals surface area contributed by atoms with Gasteiger partial charge in [-0.05, 0) is 36.4 Å². The van der Waals surface area contributed by atoms with E-state index in [0.29, 0.717) is 5.56 Å². The molecule has 0 aliphatic heterocycles. The minimum atomic E-state index is -0.259. The first-order valence-corrected chi connectivity index (χ1v) is 6.59. The highest BCUT2D eigenvalue weighted by atomic mass is 19.1. The number of aryl methyl sites for hydroxylation is 1. The molecule has 0 saturated carbocycles. The van der Waals surface area contributed by atoms with Gasteiger partial charge in [0.1, 0.15) is 11.6 Å². The molecule has 0 amide bonds. The SMILES string of the molecule is CN(c1cccc(F)c1)c1cc2ccc(C#N)cc2n1C. The molecule has 0 saturated heterocycles. The Labute approximate surface area is 122 Å². The summed E-state index contributed by atoms with van der Waals surface area (Å²) in [5.41, 5.74) is 2.39. The van der Waals surface area contributed by atoms with Crippen LogP contribution in [0.5, 0.6) is 0 Å². The van der Waals surface area contributed by atoms with Crippen molar-refractivity contribution in [2.24, 2.45) is 7.05 Å². The van der Waals surface area contributed by atoms with E-state index >= 15 is 0 Å². The monoisotopic (exact) mass is 279 g/mol. The van der Waals surface area contributed by atoms with Crippen LogP contribution in [0.25, 0.3) is 10.9 Å². The fourth-order valence-corrected chi connectivity index (χ4v) is 2.52. The molecule has 4 heteroatoms. The molecule has 21 heavy (non-hydrogen) atoms. The molecular weight excluding hydrogens is 265 g/mol. The highest BCUT2D eigenvalue weighted by molar-refractivity contribution is 5.87. The highest BCUT2D eigenvalue weighted by Crippen LogP contribution is 2.30. The van der Waals surface area contributed by atoms with Crippen LogP contribution in [0.3, 0.4) is 0 Å². The molecule has 0 N–H and O–H groups in total. The molecule has 104 valence electrons. The van der Waals surface area contributed by atoms with Crippen LogP contribution in [-0.2, 0) is 7.05 Å². The average Bonchev–Trinajstić information content (AvgIpc) is 2.83. The van der Waals surface area contributed by atoms with Crippen molar-refractivity contribution in [1.29, 1.82) is 5.26 Å². The minimum absolute atomic E-state index is 0.259. The van der Waals surface area contributed by atoms with E-state index in [2.05, 4.69) is 6.07 Å². The van der Waals surface area contributed by atoms with Crippen LogP contribution in [0, 0.1) is 17.1 Å². The Kier molecular flexibility index (Phi) is 3.11. The summed E-state index contributed by atoms with van der Waals surface area (Å²) < 4.78 is 15.4. The summed E-state index contributed by atoms with van der Waals surface area (Å²) in [6.45, 7) is 0. The van der Waals surface area contributed by atoms with E-state index in [4.69, 9.17) is 5.26 Å². The first kappa shape index (κ1) is 13.2. The lowest BCUT2D eigenvalue weighted by molar-refractivity contribution is 0.628. The average molecular weight is 279 g/mol. The molecule has 0 aliphatic carbocycles. The lowest BCUT2D eigenvalue weighted by Gasteiger charge is -2.20. The third-order valence-corrected chi connectivity index (χ3v) is 3.69. The van der Waals surface area contributed by atoms with E-state index in [0.717, 1.165) is 22.4 Å². The molecule has 0 fully saturated rings.